The molecule has 1 aromatic carbocycles. The lowest BCUT2D eigenvalue weighted by atomic mass is 10.1. The molecule has 0 bridgehead atoms. The SMILES string of the molecule is COc1cc(C(N)CO)ccc1OC1CCN(C)CC1. The van der Waals surface area contributed by atoms with E-state index >= 15 is 0 Å². The molecule has 0 aromatic heterocycles. The van der Waals surface area contributed by atoms with Crippen LogP contribution >= 0.6 is 0 Å². The molecule has 0 amide bonds. The summed E-state index contributed by atoms with van der Waals surface area (Å²) in [4.78, 5) is 2.31. The van der Waals surface area contributed by atoms with Crippen LogP contribution in [-0.4, -0.2) is 50.0 Å². The van der Waals surface area contributed by atoms with Gasteiger partial charge in [0.1, 0.15) is 6.10 Å². The number of benzene rings is 1. The zero-order valence-electron chi connectivity index (χ0n) is 12.2. The van der Waals surface area contributed by atoms with E-state index in [1.54, 1.807) is 7.11 Å². The minimum atomic E-state index is -0.388. The topological polar surface area (TPSA) is 68.0 Å². The zero-order chi connectivity index (χ0) is 14.5. The second-order valence-electron chi connectivity index (χ2n) is 5.32. The Bertz CT molecular complexity index is 431. The Labute approximate surface area is 120 Å². The number of aliphatic hydroxyl groups is 1. The van der Waals surface area contributed by atoms with Crippen molar-refractivity contribution in [2.24, 2.45) is 5.73 Å². The van der Waals surface area contributed by atoms with Crippen LogP contribution in [-0.2, 0) is 0 Å². The fourth-order valence-electron chi connectivity index (χ4n) is 2.40. The van der Waals surface area contributed by atoms with Gasteiger partial charge in [0.15, 0.2) is 11.5 Å². The number of methoxy groups -OCH3 is 1. The molecule has 1 aromatic rings. The maximum Gasteiger partial charge on any atom is 0.161 e. The smallest absolute Gasteiger partial charge is 0.161 e. The van der Waals surface area contributed by atoms with Crippen molar-refractivity contribution < 1.29 is 14.6 Å². The van der Waals surface area contributed by atoms with E-state index in [2.05, 4.69) is 11.9 Å². The molecule has 1 aliphatic rings. The Kier molecular flexibility index (Phi) is 5.23. The molecule has 112 valence electrons. The number of hydrogen-bond acceptors (Lipinski definition) is 5. The number of hydrogen-bond donors (Lipinski definition) is 2. The van der Waals surface area contributed by atoms with Gasteiger partial charge in [-0.05, 0) is 37.6 Å². The van der Waals surface area contributed by atoms with E-state index in [4.69, 9.17) is 20.3 Å². The summed E-state index contributed by atoms with van der Waals surface area (Å²) in [5, 5.41) is 9.11. The van der Waals surface area contributed by atoms with Gasteiger partial charge in [0.05, 0.1) is 19.8 Å². The highest BCUT2D eigenvalue weighted by atomic mass is 16.5. The second kappa shape index (κ2) is 6.92. The van der Waals surface area contributed by atoms with Gasteiger partial charge in [0.25, 0.3) is 0 Å². The molecule has 0 aliphatic carbocycles. The molecule has 3 N–H and O–H groups in total. The minimum Gasteiger partial charge on any atom is -0.493 e. The maximum atomic E-state index is 9.11. The predicted molar refractivity (Wildman–Crippen MR) is 78.2 cm³/mol. The Balaban J connectivity index is 2.07. The van der Waals surface area contributed by atoms with Gasteiger partial charge in [-0.15, -0.1) is 0 Å². The van der Waals surface area contributed by atoms with Crippen molar-refractivity contribution in [1.82, 2.24) is 4.90 Å². The fraction of sp³-hybridized carbons (Fsp3) is 0.600. The Morgan fingerprint density at radius 3 is 2.65 bits per heavy atom. The van der Waals surface area contributed by atoms with E-state index in [0.29, 0.717) is 5.75 Å². The summed E-state index contributed by atoms with van der Waals surface area (Å²) in [6, 6.07) is 5.21. The van der Waals surface area contributed by atoms with E-state index in [1.807, 2.05) is 18.2 Å². The number of aliphatic hydroxyl groups excluding tert-OH is 1. The molecule has 0 radical (unpaired) electrons. The summed E-state index contributed by atoms with van der Waals surface area (Å²) < 4.78 is 11.4. The number of nitrogens with zero attached hydrogens (tertiary/aromatic N) is 1. The van der Waals surface area contributed by atoms with Crippen LogP contribution in [0, 0.1) is 0 Å². The summed E-state index contributed by atoms with van der Waals surface area (Å²) in [5.74, 6) is 1.42. The third kappa shape index (κ3) is 3.62. The van der Waals surface area contributed by atoms with Crippen LogP contribution in [0.4, 0.5) is 0 Å². The summed E-state index contributed by atoms with van der Waals surface area (Å²) in [6.07, 6.45) is 2.28. The van der Waals surface area contributed by atoms with Crippen LogP contribution in [0.2, 0.25) is 0 Å². The number of likely N-dealkylation sites (tertiary alicyclic amines) is 1. The third-order valence-corrected chi connectivity index (χ3v) is 3.77. The first kappa shape index (κ1) is 15.1. The molecule has 2 rings (SSSR count). The van der Waals surface area contributed by atoms with Crippen molar-refractivity contribution in [3.8, 4) is 11.5 Å². The molecular formula is C15H24N2O3. The fourth-order valence-corrected chi connectivity index (χ4v) is 2.40. The van der Waals surface area contributed by atoms with Crippen LogP contribution in [0.25, 0.3) is 0 Å². The summed E-state index contributed by atoms with van der Waals surface area (Å²) in [6.45, 7) is 2.03. The maximum absolute atomic E-state index is 9.11. The summed E-state index contributed by atoms with van der Waals surface area (Å²) in [7, 11) is 3.74. The van der Waals surface area contributed by atoms with Crippen molar-refractivity contribution in [1.29, 1.82) is 0 Å². The minimum absolute atomic E-state index is 0.0850. The number of ether oxygens (including phenoxy) is 2. The molecule has 1 aliphatic heterocycles. The van der Waals surface area contributed by atoms with Gasteiger partial charge in [0.2, 0.25) is 0 Å². The Morgan fingerprint density at radius 1 is 1.35 bits per heavy atom. The summed E-state index contributed by atoms with van der Waals surface area (Å²) in [5.41, 5.74) is 6.66. The molecule has 20 heavy (non-hydrogen) atoms. The molecule has 1 heterocycles. The predicted octanol–water partition coefficient (Wildman–Crippen LogP) is 1.16. The van der Waals surface area contributed by atoms with E-state index in [0.717, 1.165) is 37.2 Å². The second-order valence-corrected chi connectivity index (χ2v) is 5.32. The Hall–Kier alpha value is -1.30. The number of rotatable bonds is 5. The number of piperidine rings is 1. The lowest BCUT2D eigenvalue weighted by Gasteiger charge is -2.29. The number of nitrogens with two attached hydrogens (primary N) is 1. The van der Waals surface area contributed by atoms with E-state index < -0.39 is 0 Å². The molecular weight excluding hydrogens is 256 g/mol. The average Bonchev–Trinajstić information content (AvgIpc) is 2.49. The molecule has 1 atom stereocenters. The van der Waals surface area contributed by atoms with E-state index in [-0.39, 0.29) is 18.8 Å². The third-order valence-electron chi connectivity index (χ3n) is 3.77. The van der Waals surface area contributed by atoms with Crippen LogP contribution in [0.1, 0.15) is 24.4 Å². The standard InChI is InChI=1S/C15H24N2O3/c1-17-7-5-12(6-8-17)20-14-4-3-11(13(16)10-18)9-15(14)19-2/h3-4,9,12-13,18H,5-8,10,16H2,1-2H3. The van der Waals surface area contributed by atoms with Crippen LogP contribution in [0.15, 0.2) is 18.2 Å². The van der Waals surface area contributed by atoms with Gasteiger partial charge in [0, 0.05) is 13.1 Å². The molecule has 1 saturated heterocycles. The molecule has 0 spiro atoms. The highest BCUT2D eigenvalue weighted by Gasteiger charge is 2.20. The van der Waals surface area contributed by atoms with Gasteiger partial charge in [-0.1, -0.05) is 6.07 Å². The van der Waals surface area contributed by atoms with Crippen molar-refractivity contribution in [3.63, 3.8) is 0 Å². The van der Waals surface area contributed by atoms with Gasteiger partial charge < -0.3 is 25.2 Å². The monoisotopic (exact) mass is 280 g/mol. The highest BCUT2D eigenvalue weighted by Crippen LogP contribution is 2.31. The van der Waals surface area contributed by atoms with Gasteiger partial charge in [-0.2, -0.15) is 0 Å². The first-order valence-electron chi connectivity index (χ1n) is 7.03. The van der Waals surface area contributed by atoms with Crippen molar-refractivity contribution >= 4 is 0 Å². The van der Waals surface area contributed by atoms with E-state index in [1.165, 1.54) is 0 Å². The lowest BCUT2D eigenvalue weighted by molar-refractivity contribution is 0.111. The van der Waals surface area contributed by atoms with Crippen molar-refractivity contribution in [2.75, 3.05) is 33.9 Å². The Morgan fingerprint density at radius 2 is 2.05 bits per heavy atom. The average molecular weight is 280 g/mol. The summed E-state index contributed by atoms with van der Waals surface area (Å²) >= 11 is 0. The van der Waals surface area contributed by atoms with Gasteiger partial charge >= 0.3 is 0 Å². The molecule has 1 fully saturated rings. The molecule has 1 unspecified atom stereocenters. The largest absolute Gasteiger partial charge is 0.493 e. The molecule has 0 saturated carbocycles. The van der Waals surface area contributed by atoms with Crippen molar-refractivity contribution in [3.05, 3.63) is 23.8 Å². The van der Waals surface area contributed by atoms with Gasteiger partial charge in [-0.3, -0.25) is 0 Å². The molecule has 5 nitrogen and oxygen atoms in total. The zero-order valence-corrected chi connectivity index (χ0v) is 12.2. The van der Waals surface area contributed by atoms with E-state index in [9.17, 15) is 0 Å². The highest BCUT2D eigenvalue weighted by molar-refractivity contribution is 5.44. The van der Waals surface area contributed by atoms with Crippen molar-refractivity contribution in [2.45, 2.75) is 25.0 Å². The normalized spacial score (nSPS) is 18.8. The first-order chi connectivity index (χ1) is 9.63. The quantitative estimate of drug-likeness (QED) is 0.847. The first-order valence-corrected chi connectivity index (χ1v) is 7.03. The van der Waals surface area contributed by atoms with Gasteiger partial charge in [-0.25, -0.2) is 0 Å². The van der Waals surface area contributed by atoms with Crippen LogP contribution in [0.3, 0.4) is 0 Å². The lowest BCUT2D eigenvalue weighted by Crippen LogP contribution is -2.35. The molecule has 5 heteroatoms. The van der Waals surface area contributed by atoms with Crippen LogP contribution < -0.4 is 15.2 Å². The van der Waals surface area contributed by atoms with Crippen LogP contribution in [0.5, 0.6) is 11.5 Å².